The quantitative estimate of drug-likeness (QED) is 0.768. The Labute approximate surface area is 136 Å². The van der Waals surface area contributed by atoms with Crippen molar-refractivity contribution in [1.29, 1.82) is 0 Å². The molecule has 0 spiro atoms. The lowest BCUT2D eigenvalue weighted by atomic mass is 9.97. The maximum Gasteiger partial charge on any atom is 0.303 e. The van der Waals surface area contributed by atoms with Crippen LogP contribution in [0.15, 0.2) is 18.2 Å². The van der Waals surface area contributed by atoms with Crippen molar-refractivity contribution in [3.8, 4) is 11.5 Å². The largest absolute Gasteiger partial charge is 0.493 e. The number of carboxylic acids is 1. The molecule has 0 heterocycles. The molecule has 0 aliphatic carbocycles. The lowest BCUT2D eigenvalue weighted by molar-refractivity contribution is -0.137. The molecular formula is C17H25NO5. The minimum absolute atomic E-state index is 0.00136. The van der Waals surface area contributed by atoms with Gasteiger partial charge >= 0.3 is 5.97 Å². The first-order valence-corrected chi connectivity index (χ1v) is 7.53. The predicted molar refractivity (Wildman–Crippen MR) is 87.2 cm³/mol. The van der Waals surface area contributed by atoms with Gasteiger partial charge < -0.3 is 19.9 Å². The zero-order valence-corrected chi connectivity index (χ0v) is 14.3. The topological polar surface area (TPSA) is 84.9 Å². The van der Waals surface area contributed by atoms with Gasteiger partial charge in [0, 0.05) is 17.5 Å². The van der Waals surface area contributed by atoms with Crippen LogP contribution >= 0.6 is 0 Å². The van der Waals surface area contributed by atoms with Crippen molar-refractivity contribution in [2.75, 3.05) is 7.11 Å². The second kappa shape index (κ2) is 7.85. The van der Waals surface area contributed by atoms with E-state index in [4.69, 9.17) is 14.6 Å². The van der Waals surface area contributed by atoms with E-state index in [0.29, 0.717) is 23.5 Å². The SMILES string of the molecule is COc1cc(C(=O)NC(C)(C)CCC(=O)O)ccc1OC(C)C. The molecule has 0 aromatic heterocycles. The molecule has 128 valence electrons. The van der Waals surface area contributed by atoms with E-state index >= 15 is 0 Å². The summed E-state index contributed by atoms with van der Waals surface area (Å²) in [7, 11) is 1.51. The third kappa shape index (κ3) is 6.18. The van der Waals surface area contributed by atoms with Crippen molar-refractivity contribution < 1.29 is 24.2 Å². The van der Waals surface area contributed by atoms with Gasteiger partial charge in [-0.2, -0.15) is 0 Å². The number of hydrogen-bond acceptors (Lipinski definition) is 4. The molecule has 6 nitrogen and oxygen atoms in total. The highest BCUT2D eigenvalue weighted by atomic mass is 16.5. The van der Waals surface area contributed by atoms with Crippen LogP contribution in [0.2, 0.25) is 0 Å². The van der Waals surface area contributed by atoms with Crippen molar-refractivity contribution in [3.05, 3.63) is 23.8 Å². The van der Waals surface area contributed by atoms with Crippen LogP contribution < -0.4 is 14.8 Å². The van der Waals surface area contributed by atoms with Gasteiger partial charge in [0.25, 0.3) is 5.91 Å². The molecule has 0 bridgehead atoms. The van der Waals surface area contributed by atoms with Crippen LogP contribution in [0, 0.1) is 0 Å². The van der Waals surface area contributed by atoms with Gasteiger partial charge in [-0.05, 0) is 52.3 Å². The van der Waals surface area contributed by atoms with Gasteiger partial charge in [0.05, 0.1) is 13.2 Å². The molecule has 0 fully saturated rings. The minimum atomic E-state index is -0.885. The van der Waals surface area contributed by atoms with Gasteiger partial charge in [-0.3, -0.25) is 9.59 Å². The average molecular weight is 323 g/mol. The molecule has 0 atom stereocenters. The summed E-state index contributed by atoms with van der Waals surface area (Å²) in [5, 5.41) is 11.6. The molecule has 1 rings (SSSR count). The number of methoxy groups -OCH3 is 1. The third-order valence-electron chi connectivity index (χ3n) is 3.20. The first-order valence-electron chi connectivity index (χ1n) is 7.53. The van der Waals surface area contributed by atoms with Crippen LogP contribution in [0.25, 0.3) is 0 Å². The summed E-state index contributed by atoms with van der Waals surface area (Å²) < 4.78 is 10.9. The fourth-order valence-corrected chi connectivity index (χ4v) is 2.02. The first-order chi connectivity index (χ1) is 10.6. The number of hydrogen-bond donors (Lipinski definition) is 2. The highest BCUT2D eigenvalue weighted by Crippen LogP contribution is 2.29. The second-order valence-electron chi connectivity index (χ2n) is 6.26. The number of aliphatic carboxylic acids is 1. The highest BCUT2D eigenvalue weighted by molar-refractivity contribution is 5.95. The molecule has 23 heavy (non-hydrogen) atoms. The van der Waals surface area contributed by atoms with Gasteiger partial charge in [-0.15, -0.1) is 0 Å². The number of amides is 1. The number of carboxylic acid groups (broad SMARTS) is 1. The van der Waals surface area contributed by atoms with E-state index in [9.17, 15) is 9.59 Å². The Morgan fingerprint density at radius 3 is 2.43 bits per heavy atom. The molecular weight excluding hydrogens is 298 g/mol. The van der Waals surface area contributed by atoms with Gasteiger partial charge in [-0.25, -0.2) is 0 Å². The van der Waals surface area contributed by atoms with E-state index in [1.54, 1.807) is 32.0 Å². The van der Waals surface area contributed by atoms with Crippen LogP contribution in [0.1, 0.15) is 50.9 Å². The third-order valence-corrected chi connectivity index (χ3v) is 3.20. The van der Waals surface area contributed by atoms with Crippen molar-refractivity contribution >= 4 is 11.9 Å². The van der Waals surface area contributed by atoms with E-state index in [1.165, 1.54) is 7.11 Å². The van der Waals surface area contributed by atoms with Crippen molar-refractivity contribution in [2.45, 2.75) is 52.2 Å². The lowest BCUT2D eigenvalue weighted by Crippen LogP contribution is -2.43. The predicted octanol–water partition coefficient (Wildman–Crippen LogP) is 2.86. The van der Waals surface area contributed by atoms with E-state index in [0.717, 1.165) is 0 Å². The normalized spacial score (nSPS) is 11.2. The molecule has 0 aliphatic heterocycles. The number of benzene rings is 1. The summed E-state index contributed by atoms with van der Waals surface area (Å²) in [5.41, 5.74) is -0.183. The zero-order chi connectivity index (χ0) is 17.6. The summed E-state index contributed by atoms with van der Waals surface area (Å²) in [5.74, 6) is -0.113. The molecule has 1 aromatic rings. The Bertz CT molecular complexity index is 566. The molecule has 0 aliphatic rings. The van der Waals surface area contributed by atoms with Gasteiger partial charge in [0.1, 0.15) is 0 Å². The van der Waals surface area contributed by atoms with E-state index in [1.807, 2.05) is 13.8 Å². The Morgan fingerprint density at radius 2 is 1.91 bits per heavy atom. The number of nitrogens with one attached hydrogen (secondary N) is 1. The Balaban J connectivity index is 2.85. The standard InChI is InChI=1S/C17H25NO5/c1-11(2)23-13-7-6-12(10-14(13)22-5)16(21)18-17(3,4)9-8-15(19)20/h6-7,10-11H,8-9H2,1-5H3,(H,18,21)(H,19,20). The summed E-state index contributed by atoms with van der Waals surface area (Å²) in [6.45, 7) is 7.40. The van der Waals surface area contributed by atoms with Crippen LogP contribution in [0.5, 0.6) is 11.5 Å². The smallest absolute Gasteiger partial charge is 0.303 e. The number of carbonyl (C=O) groups excluding carboxylic acids is 1. The Kier molecular flexibility index (Phi) is 6.42. The molecule has 0 saturated carbocycles. The average Bonchev–Trinajstić information content (AvgIpc) is 2.44. The van der Waals surface area contributed by atoms with E-state index in [-0.39, 0.29) is 18.4 Å². The maximum absolute atomic E-state index is 12.4. The Morgan fingerprint density at radius 1 is 1.26 bits per heavy atom. The highest BCUT2D eigenvalue weighted by Gasteiger charge is 2.23. The molecule has 2 N–H and O–H groups in total. The summed E-state index contributed by atoms with van der Waals surface area (Å²) >= 11 is 0. The molecule has 0 radical (unpaired) electrons. The molecule has 0 saturated heterocycles. The molecule has 1 amide bonds. The fourth-order valence-electron chi connectivity index (χ4n) is 2.02. The van der Waals surface area contributed by atoms with Crippen LogP contribution in [0.4, 0.5) is 0 Å². The number of rotatable bonds is 8. The van der Waals surface area contributed by atoms with Crippen LogP contribution in [0.3, 0.4) is 0 Å². The lowest BCUT2D eigenvalue weighted by Gasteiger charge is -2.26. The summed E-state index contributed by atoms with van der Waals surface area (Å²) in [4.78, 5) is 23.0. The molecule has 0 unspecified atom stereocenters. The van der Waals surface area contributed by atoms with Crippen LogP contribution in [-0.4, -0.2) is 35.7 Å². The molecule has 6 heteroatoms. The first kappa shape index (κ1) is 18.8. The van der Waals surface area contributed by atoms with E-state index < -0.39 is 11.5 Å². The number of carbonyl (C=O) groups is 2. The number of ether oxygens (including phenoxy) is 2. The van der Waals surface area contributed by atoms with Crippen LogP contribution in [-0.2, 0) is 4.79 Å². The zero-order valence-electron chi connectivity index (χ0n) is 14.3. The minimum Gasteiger partial charge on any atom is -0.493 e. The molecule has 1 aromatic carbocycles. The monoisotopic (exact) mass is 323 g/mol. The summed E-state index contributed by atoms with van der Waals surface area (Å²) in [6.07, 6.45) is 0.343. The fraction of sp³-hybridized carbons (Fsp3) is 0.529. The van der Waals surface area contributed by atoms with Crippen molar-refractivity contribution in [2.24, 2.45) is 0 Å². The van der Waals surface area contributed by atoms with Gasteiger partial charge in [0.2, 0.25) is 0 Å². The van der Waals surface area contributed by atoms with Gasteiger partial charge in [-0.1, -0.05) is 0 Å². The maximum atomic E-state index is 12.4. The summed E-state index contributed by atoms with van der Waals surface area (Å²) in [6, 6.07) is 4.96. The Hall–Kier alpha value is -2.24. The van der Waals surface area contributed by atoms with Crippen molar-refractivity contribution in [3.63, 3.8) is 0 Å². The van der Waals surface area contributed by atoms with Crippen molar-refractivity contribution in [1.82, 2.24) is 5.32 Å². The van der Waals surface area contributed by atoms with Gasteiger partial charge in [0.15, 0.2) is 11.5 Å². The van der Waals surface area contributed by atoms with E-state index in [2.05, 4.69) is 5.32 Å². The second-order valence-corrected chi connectivity index (χ2v) is 6.26.